The fourth-order valence-corrected chi connectivity index (χ4v) is 4.41. The number of hydrogen-bond donors (Lipinski definition) is 2. The van der Waals surface area contributed by atoms with E-state index in [0.717, 1.165) is 29.8 Å². The van der Waals surface area contributed by atoms with Gasteiger partial charge in [-0.15, -0.1) is 0 Å². The summed E-state index contributed by atoms with van der Waals surface area (Å²) >= 11 is 13.1. The molecule has 1 amide bonds. The zero-order chi connectivity index (χ0) is 20.5. The Morgan fingerprint density at radius 3 is 2.83 bits per heavy atom. The van der Waals surface area contributed by atoms with Gasteiger partial charge in [0.05, 0.1) is 10.0 Å². The quantitative estimate of drug-likeness (QED) is 0.720. The second-order valence-corrected chi connectivity index (χ2v) is 7.81. The maximum atomic E-state index is 13.0. The Hall–Kier alpha value is -2.28. The van der Waals surface area contributed by atoms with E-state index in [1.165, 1.54) is 0 Å². The Bertz CT molecular complexity index is 993. The highest BCUT2D eigenvalue weighted by Gasteiger charge is 2.36. The fraction of sp³-hybridized carbons (Fsp3) is 0.333. The molecule has 8 heteroatoms. The summed E-state index contributed by atoms with van der Waals surface area (Å²) in [5, 5.41) is 4.08. The molecule has 1 aromatic carbocycles. The van der Waals surface area contributed by atoms with E-state index in [0.29, 0.717) is 46.7 Å². The van der Waals surface area contributed by atoms with Crippen molar-refractivity contribution in [3.63, 3.8) is 0 Å². The molecule has 29 heavy (non-hydrogen) atoms. The van der Waals surface area contributed by atoms with E-state index in [-0.39, 0.29) is 5.91 Å². The molecule has 0 aliphatic carbocycles. The van der Waals surface area contributed by atoms with Gasteiger partial charge in [0.15, 0.2) is 6.10 Å². The Morgan fingerprint density at radius 2 is 2.14 bits per heavy atom. The van der Waals surface area contributed by atoms with Crippen LogP contribution in [-0.4, -0.2) is 54.8 Å². The van der Waals surface area contributed by atoms with Crippen molar-refractivity contribution in [1.82, 2.24) is 15.2 Å². The van der Waals surface area contributed by atoms with E-state index >= 15 is 0 Å². The number of nitrogens with zero attached hydrogens (tertiary/aromatic N) is 2. The normalized spacial score (nSPS) is 19.1. The van der Waals surface area contributed by atoms with Crippen molar-refractivity contribution in [2.45, 2.75) is 19.4 Å². The topological polar surface area (TPSA) is 69.7 Å². The first-order valence-electron chi connectivity index (χ1n) is 9.53. The van der Waals surface area contributed by atoms with Crippen molar-refractivity contribution in [3.8, 4) is 5.75 Å². The lowest BCUT2D eigenvalue weighted by atomic mass is 9.95. The number of amides is 1. The van der Waals surface area contributed by atoms with Gasteiger partial charge in [0.2, 0.25) is 0 Å². The van der Waals surface area contributed by atoms with Crippen molar-refractivity contribution in [2.24, 2.45) is 4.99 Å². The number of benzene rings is 1. The molecule has 4 rings (SSSR count). The molecule has 0 bridgehead atoms. The summed E-state index contributed by atoms with van der Waals surface area (Å²) in [6, 6.07) is 3.70. The Labute approximate surface area is 179 Å². The third kappa shape index (κ3) is 3.56. The molecule has 1 aromatic heterocycles. The number of aliphatic imine (C=N–C) groups is 1. The monoisotopic (exact) mass is 432 g/mol. The van der Waals surface area contributed by atoms with Gasteiger partial charge in [-0.05, 0) is 31.3 Å². The first kappa shape index (κ1) is 20.0. The van der Waals surface area contributed by atoms with Crippen LogP contribution in [-0.2, 0) is 11.2 Å². The molecule has 2 N–H and O–H groups in total. The molecule has 3 heterocycles. The number of aromatic nitrogens is 1. The Kier molecular flexibility index (Phi) is 5.67. The summed E-state index contributed by atoms with van der Waals surface area (Å²) in [5.74, 6) is 1.24. The number of nitrogens with one attached hydrogen (secondary N) is 2. The first-order valence-corrected chi connectivity index (χ1v) is 10.3. The number of aromatic amines is 1. The summed E-state index contributed by atoms with van der Waals surface area (Å²) in [4.78, 5) is 21.9. The molecule has 1 atom stereocenters. The minimum absolute atomic E-state index is 0.00184. The van der Waals surface area contributed by atoms with Crippen LogP contribution in [0.2, 0.25) is 10.0 Å². The summed E-state index contributed by atoms with van der Waals surface area (Å²) in [5.41, 5.74) is 3.23. The predicted molar refractivity (Wildman–Crippen MR) is 117 cm³/mol. The predicted octanol–water partition coefficient (Wildman–Crippen LogP) is 3.84. The van der Waals surface area contributed by atoms with Crippen LogP contribution in [0.4, 0.5) is 5.82 Å². The molecule has 1 fully saturated rings. The molecule has 2 aromatic rings. The molecule has 0 radical (unpaired) electrons. The van der Waals surface area contributed by atoms with Crippen molar-refractivity contribution in [1.29, 1.82) is 0 Å². The van der Waals surface area contributed by atoms with E-state index in [1.807, 2.05) is 24.0 Å². The number of rotatable bonds is 4. The van der Waals surface area contributed by atoms with Crippen molar-refractivity contribution in [2.75, 3.05) is 26.2 Å². The van der Waals surface area contributed by atoms with Gasteiger partial charge in [-0.25, -0.2) is 4.99 Å². The maximum absolute atomic E-state index is 13.0. The summed E-state index contributed by atoms with van der Waals surface area (Å²) in [6.45, 7) is 8.48. The van der Waals surface area contributed by atoms with E-state index in [4.69, 9.17) is 27.9 Å². The summed E-state index contributed by atoms with van der Waals surface area (Å²) in [6.07, 6.45) is 3.63. The third-order valence-electron chi connectivity index (χ3n) is 5.35. The molecule has 1 unspecified atom stereocenters. The van der Waals surface area contributed by atoms with E-state index in [9.17, 15) is 4.79 Å². The lowest BCUT2D eigenvalue weighted by Crippen LogP contribution is -2.50. The number of ether oxygens (including phenoxy) is 1. The molecule has 152 valence electrons. The summed E-state index contributed by atoms with van der Waals surface area (Å²) in [7, 11) is 0. The highest BCUT2D eigenvalue weighted by Crippen LogP contribution is 2.47. The molecule has 2 aliphatic rings. The van der Waals surface area contributed by atoms with Crippen molar-refractivity contribution in [3.05, 3.63) is 51.1 Å². The molecule has 0 spiro atoms. The van der Waals surface area contributed by atoms with Crippen molar-refractivity contribution < 1.29 is 9.53 Å². The average Bonchev–Trinajstić information content (AvgIpc) is 3.38. The van der Waals surface area contributed by atoms with Crippen LogP contribution in [0.25, 0.3) is 5.57 Å². The van der Waals surface area contributed by atoms with Gasteiger partial charge in [0, 0.05) is 55.5 Å². The SMILES string of the molecule is C=Nc1[nH]ccc1/C(=C\C)c1c(Cl)c(Cl)cc2c1OC(C(=O)N1CCNCC1)C2. The third-order valence-corrected chi connectivity index (χ3v) is 6.14. The average molecular weight is 433 g/mol. The Morgan fingerprint density at radius 1 is 1.38 bits per heavy atom. The number of carbonyl (C=O) groups excluding carboxylic acids is 1. The van der Waals surface area contributed by atoms with Crippen LogP contribution in [0, 0.1) is 0 Å². The van der Waals surface area contributed by atoms with Crippen LogP contribution >= 0.6 is 23.2 Å². The molecular formula is C21H22Cl2N4O2. The van der Waals surface area contributed by atoms with Crippen LogP contribution in [0.1, 0.15) is 23.6 Å². The first-order chi connectivity index (χ1) is 14.0. The fourth-order valence-electron chi connectivity index (χ4n) is 3.94. The van der Waals surface area contributed by atoms with Crippen LogP contribution in [0.3, 0.4) is 0 Å². The number of hydrogen-bond acceptors (Lipinski definition) is 4. The Balaban J connectivity index is 1.73. The smallest absolute Gasteiger partial charge is 0.264 e. The molecule has 0 saturated carbocycles. The zero-order valence-corrected chi connectivity index (χ0v) is 17.6. The maximum Gasteiger partial charge on any atom is 0.264 e. The molecule has 6 nitrogen and oxygen atoms in total. The van der Waals surface area contributed by atoms with Gasteiger partial charge in [-0.1, -0.05) is 29.3 Å². The van der Waals surface area contributed by atoms with Gasteiger partial charge >= 0.3 is 0 Å². The van der Waals surface area contributed by atoms with Crippen LogP contribution in [0.5, 0.6) is 5.75 Å². The van der Waals surface area contributed by atoms with E-state index < -0.39 is 6.10 Å². The lowest BCUT2D eigenvalue weighted by Gasteiger charge is -2.29. The lowest BCUT2D eigenvalue weighted by molar-refractivity contribution is -0.138. The number of carbonyl (C=O) groups is 1. The van der Waals surface area contributed by atoms with Gasteiger partial charge in [0.25, 0.3) is 5.91 Å². The second-order valence-electron chi connectivity index (χ2n) is 7.02. The van der Waals surface area contributed by atoms with Crippen LogP contribution < -0.4 is 10.1 Å². The summed E-state index contributed by atoms with van der Waals surface area (Å²) < 4.78 is 6.19. The number of allylic oxidation sites excluding steroid dienone is 1. The number of halogens is 2. The van der Waals surface area contributed by atoms with Crippen LogP contribution in [0.15, 0.2) is 29.4 Å². The van der Waals surface area contributed by atoms with Crippen molar-refractivity contribution >= 4 is 47.2 Å². The minimum Gasteiger partial charge on any atom is -0.479 e. The van der Waals surface area contributed by atoms with Gasteiger partial charge < -0.3 is 19.9 Å². The highest BCUT2D eigenvalue weighted by atomic mass is 35.5. The minimum atomic E-state index is -0.572. The zero-order valence-electron chi connectivity index (χ0n) is 16.1. The number of H-pyrrole nitrogens is 1. The van der Waals surface area contributed by atoms with E-state index in [1.54, 1.807) is 12.3 Å². The molecule has 1 saturated heterocycles. The number of fused-ring (bicyclic) bond motifs is 1. The largest absolute Gasteiger partial charge is 0.479 e. The molecular weight excluding hydrogens is 411 g/mol. The molecule has 2 aliphatic heterocycles. The van der Waals surface area contributed by atoms with Gasteiger partial charge in [-0.2, -0.15) is 0 Å². The standard InChI is InChI=1S/C21H22Cl2N4O2/c1-3-13(14-4-5-26-20(14)24-2)17-18(23)15(22)10-12-11-16(29-19(12)17)21(28)27-8-6-25-7-9-27/h3-5,10,16,25-26H,2,6-9,11H2,1H3/b13-3+. The van der Waals surface area contributed by atoms with Gasteiger partial charge in [0.1, 0.15) is 11.6 Å². The van der Waals surface area contributed by atoms with E-state index in [2.05, 4.69) is 22.0 Å². The highest BCUT2D eigenvalue weighted by molar-refractivity contribution is 6.43. The second kappa shape index (κ2) is 8.22. The number of piperazine rings is 1. The van der Waals surface area contributed by atoms with Gasteiger partial charge in [-0.3, -0.25) is 4.79 Å².